The lowest BCUT2D eigenvalue weighted by Gasteiger charge is -2.20. The van der Waals surface area contributed by atoms with Crippen LogP contribution in [0.2, 0.25) is 0 Å². The number of hydrogen-bond acceptors (Lipinski definition) is 2. The topological polar surface area (TPSA) is 42.3 Å². The molecule has 1 aromatic heterocycles. The minimum atomic E-state index is -0.342. The molecule has 2 amide bonds. The minimum absolute atomic E-state index is 0.334. The van der Waals surface area contributed by atoms with E-state index >= 15 is 4.79 Å². The molecule has 0 unspecified atom stereocenters. The molecule has 1 aliphatic rings. The van der Waals surface area contributed by atoms with Gasteiger partial charge in [0.1, 0.15) is 0 Å². The van der Waals surface area contributed by atoms with Crippen molar-refractivity contribution in [2.45, 2.75) is 27.7 Å². The van der Waals surface area contributed by atoms with Gasteiger partial charge < -0.3 is 4.57 Å². The lowest BCUT2D eigenvalue weighted by molar-refractivity contribution is 0.0926. The van der Waals surface area contributed by atoms with Crippen LogP contribution in [0.25, 0.3) is 72.0 Å². The molecular weight excluding hydrogens is 709 g/mol. The number of carbonyl (C=O) groups is 2. The summed E-state index contributed by atoms with van der Waals surface area (Å²) in [5.74, 6) is -0.676. The number of imide groups is 1. The molecule has 0 saturated carbocycles. The lowest BCUT2D eigenvalue weighted by Crippen LogP contribution is -2.30. The number of rotatable bonds is 6. The highest BCUT2D eigenvalue weighted by Crippen LogP contribution is 2.43. The average molecular weight is 749 g/mol. The average Bonchev–Trinajstić information content (AvgIpc) is 3.69. The molecule has 0 aliphatic carbocycles. The summed E-state index contributed by atoms with van der Waals surface area (Å²) in [6.07, 6.45) is 0. The Balaban J connectivity index is 1.20. The van der Waals surface area contributed by atoms with Gasteiger partial charge >= 0.3 is 0 Å². The number of hydrogen-bond donors (Lipinski definition) is 0. The third-order valence-corrected chi connectivity index (χ3v) is 11.4. The molecule has 2 heterocycles. The van der Waals surface area contributed by atoms with Crippen LogP contribution in [-0.2, 0) is 0 Å². The van der Waals surface area contributed by atoms with Crippen molar-refractivity contribution in [2.75, 3.05) is 4.90 Å². The van der Waals surface area contributed by atoms with Gasteiger partial charge in [-0.25, -0.2) is 4.90 Å². The van der Waals surface area contributed by atoms with Crippen LogP contribution in [0.15, 0.2) is 170 Å². The highest BCUT2D eigenvalue weighted by molar-refractivity contribution is 6.36. The molecule has 0 N–H and O–H groups in total. The summed E-state index contributed by atoms with van der Waals surface area (Å²) >= 11 is 0. The van der Waals surface area contributed by atoms with Crippen LogP contribution in [0.5, 0.6) is 0 Å². The van der Waals surface area contributed by atoms with Gasteiger partial charge in [0.2, 0.25) is 0 Å². The molecule has 0 radical (unpaired) electrons. The molecular formula is C54H40N2O2. The fraction of sp³-hybridized carbons (Fsp3) is 0.0741. The van der Waals surface area contributed by atoms with Crippen LogP contribution in [-0.4, -0.2) is 16.4 Å². The van der Waals surface area contributed by atoms with Gasteiger partial charge in [0, 0.05) is 16.3 Å². The second-order valence-electron chi connectivity index (χ2n) is 15.7. The summed E-state index contributed by atoms with van der Waals surface area (Å²) in [7, 11) is 0. The SMILES string of the molecule is Cc1cc(C)cc(-c2ccc3c4ccc(-c5cc(C)cc(C)c5)cc4n(-c4cccc5c4C(=O)N(c4ccc(-c6ccccc6)cc4-c4ccccc4)C5=O)c3c2)c1. The van der Waals surface area contributed by atoms with Crippen LogP contribution >= 0.6 is 0 Å². The van der Waals surface area contributed by atoms with Gasteiger partial charge in [0.15, 0.2) is 0 Å². The first kappa shape index (κ1) is 35.1. The zero-order valence-electron chi connectivity index (χ0n) is 32.9. The smallest absolute Gasteiger partial charge is 0.268 e. The maximum absolute atomic E-state index is 15.2. The number of benzene rings is 8. The molecule has 8 aromatic carbocycles. The molecule has 0 bridgehead atoms. The van der Waals surface area contributed by atoms with Gasteiger partial charge in [-0.1, -0.05) is 156 Å². The summed E-state index contributed by atoms with van der Waals surface area (Å²) in [6, 6.07) is 58.3. The van der Waals surface area contributed by atoms with E-state index in [4.69, 9.17) is 0 Å². The van der Waals surface area contributed by atoms with Gasteiger partial charge in [0.05, 0.1) is 33.5 Å². The van der Waals surface area contributed by atoms with Crippen molar-refractivity contribution in [3.8, 4) is 50.2 Å². The maximum atomic E-state index is 15.2. The van der Waals surface area contributed by atoms with Crippen LogP contribution in [0.1, 0.15) is 43.0 Å². The van der Waals surface area contributed by atoms with Crippen molar-refractivity contribution in [1.29, 1.82) is 0 Å². The van der Waals surface area contributed by atoms with Gasteiger partial charge in [-0.2, -0.15) is 0 Å². The first-order valence-electron chi connectivity index (χ1n) is 19.7. The number of aromatic nitrogens is 1. The molecule has 0 saturated heterocycles. The third-order valence-electron chi connectivity index (χ3n) is 11.4. The highest BCUT2D eigenvalue weighted by atomic mass is 16.2. The standard InChI is InChI=1S/C54H40N2O2/c1-33-24-34(2)27-42(26-33)40-18-21-44-45-22-19-41(43-28-35(3)25-36(4)29-43)32-51(45)55(50(44)31-40)49-17-11-16-46-52(49)54(58)56(53(46)57)48-23-20-39(37-12-7-5-8-13-37)30-47(48)38-14-9-6-10-15-38/h5-32H,1-4H3. The summed E-state index contributed by atoms with van der Waals surface area (Å²) in [6.45, 7) is 8.50. The van der Waals surface area contributed by atoms with Gasteiger partial charge in [0.25, 0.3) is 11.8 Å². The summed E-state index contributed by atoms with van der Waals surface area (Å²) in [5, 5.41) is 2.15. The number of aryl methyl sites for hydroxylation is 4. The summed E-state index contributed by atoms with van der Waals surface area (Å²) in [4.78, 5) is 31.2. The number of fused-ring (bicyclic) bond motifs is 4. The zero-order chi connectivity index (χ0) is 39.7. The largest absolute Gasteiger partial charge is 0.308 e. The van der Waals surface area contributed by atoms with E-state index in [0.29, 0.717) is 22.5 Å². The van der Waals surface area contributed by atoms with Crippen molar-refractivity contribution >= 4 is 39.3 Å². The molecule has 0 spiro atoms. The fourth-order valence-electron chi connectivity index (χ4n) is 8.98. The van der Waals surface area contributed by atoms with Crippen molar-refractivity contribution in [2.24, 2.45) is 0 Å². The first-order chi connectivity index (χ1) is 28.2. The quantitative estimate of drug-likeness (QED) is 0.159. The monoisotopic (exact) mass is 748 g/mol. The zero-order valence-corrected chi connectivity index (χ0v) is 32.9. The number of carbonyl (C=O) groups excluding carboxylic acids is 2. The Morgan fingerprint density at radius 3 is 1.40 bits per heavy atom. The van der Waals surface area contributed by atoms with E-state index in [1.807, 2.05) is 72.8 Å². The van der Waals surface area contributed by atoms with E-state index in [1.54, 1.807) is 6.07 Å². The second-order valence-corrected chi connectivity index (χ2v) is 15.7. The molecule has 278 valence electrons. The molecule has 0 atom stereocenters. The van der Waals surface area contributed by atoms with Crippen molar-refractivity contribution in [3.63, 3.8) is 0 Å². The van der Waals surface area contributed by atoms with E-state index < -0.39 is 0 Å². The Bertz CT molecular complexity index is 2990. The van der Waals surface area contributed by atoms with E-state index in [2.05, 4.69) is 123 Å². The maximum Gasteiger partial charge on any atom is 0.268 e. The van der Waals surface area contributed by atoms with Gasteiger partial charge in [-0.3, -0.25) is 9.59 Å². The Kier molecular flexibility index (Phi) is 8.31. The molecule has 1 aliphatic heterocycles. The highest BCUT2D eigenvalue weighted by Gasteiger charge is 2.40. The van der Waals surface area contributed by atoms with Crippen molar-refractivity contribution < 1.29 is 9.59 Å². The normalized spacial score (nSPS) is 12.5. The molecule has 9 aromatic rings. The Hall–Kier alpha value is -7.30. The second kappa shape index (κ2) is 13.7. The Labute approximate surface area is 338 Å². The molecule has 4 heteroatoms. The van der Waals surface area contributed by atoms with E-state index in [-0.39, 0.29) is 11.8 Å². The predicted molar refractivity (Wildman–Crippen MR) is 239 cm³/mol. The van der Waals surface area contributed by atoms with Crippen LogP contribution in [0, 0.1) is 27.7 Å². The number of nitrogens with zero attached hydrogens (tertiary/aromatic N) is 2. The molecule has 58 heavy (non-hydrogen) atoms. The van der Waals surface area contributed by atoms with E-state index in [9.17, 15) is 4.79 Å². The van der Waals surface area contributed by atoms with E-state index in [0.717, 1.165) is 66.3 Å². The Morgan fingerprint density at radius 2 is 0.845 bits per heavy atom. The van der Waals surface area contributed by atoms with Gasteiger partial charge in [-0.05, 0) is 103 Å². The molecule has 4 nitrogen and oxygen atoms in total. The van der Waals surface area contributed by atoms with Crippen molar-refractivity contribution in [1.82, 2.24) is 4.57 Å². The first-order valence-corrected chi connectivity index (χ1v) is 19.7. The number of amides is 2. The van der Waals surface area contributed by atoms with E-state index in [1.165, 1.54) is 27.2 Å². The predicted octanol–water partition coefficient (Wildman–Crippen LogP) is 13.5. The lowest BCUT2D eigenvalue weighted by atomic mass is 9.97. The summed E-state index contributed by atoms with van der Waals surface area (Å²) < 4.78 is 2.20. The van der Waals surface area contributed by atoms with Crippen LogP contribution < -0.4 is 4.90 Å². The fourth-order valence-corrected chi connectivity index (χ4v) is 8.98. The summed E-state index contributed by atoms with van der Waals surface area (Å²) in [5.41, 5.74) is 17.0. The van der Waals surface area contributed by atoms with Crippen LogP contribution in [0.3, 0.4) is 0 Å². The van der Waals surface area contributed by atoms with Crippen LogP contribution in [0.4, 0.5) is 5.69 Å². The number of anilines is 1. The van der Waals surface area contributed by atoms with Gasteiger partial charge in [-0.15, -0.1) is 0 Å². The molecule has 10 rings (SSSR count). The Morgan fingerprint density at radius 1 is 0.345 bits per heavy atom. The van der Waals surface area contributed by atoms with Crippen molar-refractivity contribution in [3.05, 3.63) is 203 Å². The minimum Gasteiger partial charge on any atom is -0.308 e. The third kappa shape index (κ3) is 5.84. The molecule has 0 fully saturated rings.